The summed E-state index contributed by atoms with van der Waals surface area (Å²) in [5, 5.41) is 8.69. The van der Waals surface area contributed by atoms with E-state index in [9.17, 15) is 9.59 Å². The Morgan fingerprint density at radius 3 is 2.78 bits per heavy atom. The lowest BCUT2D eigenvalue weighted by atomic mass is 10.1. The Morgan fingerprint density at radius 1 is 1.12 bits per heavy atom. The van der Waals surface area contributed by atoms with E-state index in [2.05, 4.69) is 15.6 Å². The van der Waals surface area contributed by atoms with E-state index < -0.39 is 0 Å². The maximum Gasteiger partial charge on any atom is 0.321 e. The third kappa shape index (κ3) is 4.70. The van der Waals surface area contributed by atoms with Crippen LogP contribution in [0.3, 0.4) is 0 Å². The van der Waals surface area contributed by atoms with Gasteiger partial charge in [-0.3, -0.25) is 10.1 Å². The van der Waals surface area contributed by atoms with Crippen molar-refractivity contribution in [2.24, 2.45) is 0 Å². The molecule has 3 aromatic rings. The van der Waals surface area contributed by atoms with Gasteiger partial charge in [0.05, 0.1) is 12.2 Å². The third-order valence-electron chi connectivity index (χ3n) is 6.08. The van der Waals surface area contributed by atoms with Crippen LogP contribution < -0.4 is 15.4 Å². The van der Waals surface area contributed by atoms with Crippen LogP contribution in [0.25, 0.3) is 10.8 Å². The Kier molecular flexibility index (Phi) is 5.94. The zero-order valence-corrected chi connectivity index (χ0v) is 18.6. The average molecular weight is 451 g/mol. The number of amides is 3. The Morgan fingerprint density at radius 2 is 1.94 bits per heavy atom. The molecule has 0 radical (unpaired) electrons. The first kappa shape index (κ1) is 20.8. The van der Waals surface area contributed by atoms with Crippen molar-refractivity contribution < 1.29 is 14.3 Å². The van der Waals surface area contributed by atoms with Crippen LogP contribution in [-0.2, 0) is 17.8 Å². The van der Waals surface area contributed by atoms with Gasteiger partial charge in [0, 0.05) is 23.9 Å². The van der Waals surface area contributed by atoms with Crippen molar-refractivity contribution in [1.29, 1.82) is 0 Å². The van der Waals surface area contributed by atoms with Gasteiger partial charge in [-0.05, 0) is 35.7 Å². The van der Waals surface area contributed by atoms with Gasteiger partial charge in [0.15, 0.2) is 11.7 Å². The molecule has 7 nitrogen and oxygen atoms in total. The quantitative estimate of drug-likeness (QED) is 0.606. The van der Waals surface area contributed by atoms with Gasteiger partial charge in [-0.2, -0.15) is 0 Å². The number of hydrogen-bond acceptors (Lipinski definition) is 5. The molecule has 32 heavy (non-hydrogen) atoms. The minimum atomic E-state index is -0.195. The van der Waals surface area contributed by atoms with Crippen LogP contribution in [-0.4, -0.2) is 41.0 Å². The summed E-state index contributed by atoms with van der Waals surface area (Å²) in [6.07, 6.45) is 5.11. The van der Waals surface area contributed by atoms with Crippen LogP contribution in [0.4, 0.5) is 9.93 Å². The minimum Gasteiger partial charge on any atom is -0.484 e. The maximum absolute atomic E-state index is 12.7. The highest BCUT2D eigenvalue weighted by Crippen LogP contribution is 2.29. The van der Waals surface area contributed by atoms with Crippen LogP contribution in [0.2, 0.25) is 0 Å². The van der Waals surface area contributed by atoms with E-state index in [4.69, 9.17) is 4.74 Å². The van der Waals surface area contributed by atoms with E-state index in [-0.39, 0.29) is 24.6 Å². The van der Waals surface area contributed by atoms with E-state index >= 15 is 0 Å². The summed E-state index contributed by atoms with van der Waals surface area (Å²) in [7, 11) is 0. The molecule has 0 saturated heterocycles. The van der Waals surface area contributed by atoms with Gasteiger partial charge in [-0.25, -0.2) is 9.78 Å². The van der Waals surface area contributed by atoms with Crippen molar-refractivity contribution in [3.05, 3.63) is 53.0 Å². The molecule has 0 spiro atoms. The molecule has 1 fully saturated rings. The lowest BCUT2D eigenvalue weighted by molar-refractivity contribution is -0.134. The molecule has 0 atom stereocenters. The zero-order chi connectivity index (χ0) is 21.9. The van der Waals surface area contributed by atoms with E-state index in [0.29, 0.717) is 30.4 Å². The number of carbonyl (C=O) groups is 2. The fourth-order valence-electron chi connectivity index (χ4n) is 4.34. The molecule has 1 aliphatic carbocycles. The molecule has 1 aromatic heterocycles. The van der Waals surface area contributed by atoms with Gasteiger partial charge < -0.3 is 15.0 Å². The first-order chi connectivity index (χ1) is 15.6. The van der Waals surface area contributed by atoms with Crippen LogP contribution in [0.15, 0.2) is 42.5 Å². The largest absolute Gasteiger partial charge is 0.484 e. The van der Waals surface area contributed by atoms with Crippen LogP contribution in [0, 0.1) is 0 Å². The Bertz CT molecular complexity index is 1140. The number of anilines is 1. The van der Waals surface area contributed by atoms with E-state index in [1.54, 1.807) is 4.90 Å². The SMILES string of the molecule is O=C(Nc1nc2c(s1)CN(C(=O)COc1ccc3ccccc3c1)CC2)NC1CCCC1. The summed E-state index contributed by atoms with van der Waals surface area (Å²) in [6, 6.07) is 14.0. The molecule has 2 aliphatic rings. The van der Waals surface area contributed by atoms with E-state index in [0.717, 1.165) is 34.2 Å². The van der Waals surface area contributed by atoms with Gasteiger partial charge in [-0.1, -0.05) is 54.5 Å². The van der Waals surface area contributed by atoms with Crippen molar-refractivity contribution in [3.63, 3.8) is 0 Å². The molecule has 2 N–H and O–H groups in total. The molecule has 0 bridgehead atoms. The second-order valence-corrected chi connectivity index (χ2v) is 9.42. The monoisotopic (exact) mass is 450 g/mol. The Hall–Kier alpha value is -3.13. The normalized spacial score (nSPS) is 16.1. The van der Waals surface area contributed by atoms with Crippen molar-refractivity contribution in [2.45, 2.75) is 44.7 Å². The number of hydrogen-bond donors (Lipinski definition) is 2. The van der Waals surface area contributed by atoms with Crippen molar-refractivity contribution >= 4 is 39.2 Å². The third-order valence-corrected chi connectivity index (χ3v) is 7.08. The number of carbonyl (C=O) groups excluding carboxylic acids is 2. The second kappa shape index (κ2) is 9.16. The molecular weight excluding hydrogens is 424 g/mol. The van der Waals surface area contributed by atoms with Gasteiger partial charge in [-0.15, -0.1) is 0 Å². The van der Waals surface area contributed by atoms with Gasteiger partial charge in [0.25, 0.3) is 5.91 Å². The maximum atomic E-state index is 12.7. The highest BCUT2D eigenvalue weighted by molar-refractivity contribution is 7.15. The molecule has 1 aliphatic heterocycles. The Labute approximate surface area is 190 Å². The van der Waals surface area contributed by atoms with Crippen LogP contribution >= 0.6 is 11.3 Å². The predicted octanol–water partition coefficient (Wildman–Crippen LogP) is 4.32. The van der Waals surface area contributed by atoms with Crippen LogP contribution in [0.5, 0.6) is 5.75 Å². The first-order valence-electron chi connectivity index (χ1n) is 11.1. The van der Waals surface area contributed by atoms with E-state index in [1.165, 1.54) is 24.2 Å². The molecule has 2 heterocycles. The molecule has 2 aromatic carbocycles. The number of aromatic nitrogens is 1. The van der Waals surface area contributed by atoms with Crippen LogP contribution in [0.1, 0.15) is 36.3 Å². The molecule has 166 valence electrons. The fraction of sp³-hybridized carbons (Fsp3) is 0.375. The number of urea groups is 1. The fourth-order valence-corrected chi connectivity index (χ4v) is 5.36. The van der Waals surface area contributed by atoms with E-state index in [1.807, 2.05) is 42.5 Å². The highest BCUT2D eigenvalue weighted by atomic mass is 32.1. The van der Waals surface area contributed by atoms with Gasteiger partial charge >= 0.3 is 6.03 Å². The number of nitrogens with one attached hydrogen (secondary N) is 2. The molecule has 5 rings (SSSR count). The number of nitrogens with zero attached hydrogens (tertiary/aromatic N) is 2. The summed E-state index contributed by atoms with van der Waals surface area (Å²) >= 11 is 1.44. The van der Waals surface area contributed by atoms with Crippen molar-refractivity contribution in [2.75, 3.05) is 18.5 Å². The number of thiazole rings is 1. The summed E-state index contributed by atoms with van der Waals surface area (Å²) in [5.41, 5.74) is 0.964. The number of rotatable bonds is 5. The standard InChI is InChI=1S/C24H26N4O3S/c29-22(15-31-19-10-9-16-5-1-2-6-17(16)13-19)28-12-11-20-21(14-28)32-24(26-20)27-23(30)25-18-7-3-4-8-18/h1-2,5-6,9-10,13,18H,3-4,7-8,11-12,14-15H2,(H2,25,26,27,30). The lowest BCUT2D eigenvalue weighted by Gasteiger charge is -2.26. The van der Waals surface area contributed by atoms with Crippen molar-refractivity contribution in [3.8, 4) is 5.75 Å². The average Bonchev–Trinajstić information content (AvgIpc) is 3.45. The minimum absolute atomic E-state index is 0.00137. The lowest BCUT2D eigenvalue weighted by Crippen LogP contribution is -2.38. The number of benzene rings is 2. The summed E-state index contributed by atoms with van der Waals surface area (Å²) in [5.74, 6) is 0.637. The number of fused-ring (bicyclic) bond motifs is 2. The summed E-state index contributed by atoms with van der Waals surface area (Å²) < 4.78 is 5.77. The zero-order valence-electron chi connectivity index (χ0n) is 17.8. The smallest absolute Gasteiger partial charge is 0.321 e. The van der Waals surface area contributed by atoms with Gasteiger partial charge in [0.2, 0.25) is 0 Å². The molecule has 8 heteroatoms. The first-order valence-corrected chi connectivity index (χ1v) is 11.9. The molecule has 0 unspecified atom stereocenters. The topological polar surface area (TPSA) is 83.6 Å². The van der Waals surface area contributed by atoms with Gasteiger partial charge in [0.1, 0.15) is 5.75 Å². The predicted molar refractivity (Wildman–Crippen MR) is 125 cm³/mol. The highest BCUT2D eigenvalue weighted by Gasteiger charge is 2.25. The summed E-state index contributed by atoms with van der Waals surface area (Å²) in [6.45, 7) is 1.10. The second-order valence-electron chi connectivity index (χ2n) is 8.33. The molecular formula is C24H26N4O3S. The van der Waals surface area contributed by atoms with Crippen molar-refractivity contribution in [1.82, 2.24) is 15.2 Å². The molecule has 3 amide bonds. The Balaban J connectivity index is 1.15. The number of ether oxygens (including phenoxy) is 1. The molecule has 1 saturated carbocycles. The summed E-state index contributed by atoms with van der Waals surface area (Å²) in [4.78, 5) is 32.3.